The quantitative estimate of drug-likeness (QED) is 0.202. The average Bonchev–Trinajstić information content (AvgIpc) is 2.99. The van der Waals surface area contributed by atoms with Crippen molar-refractivity contribution in [3.8, 4) is 0 Å². The number of ketones is 2. The van der Waals surface area contributed by atoms with Gasteiger partial charge in [0.25, 0.3) is 0 Å². The smallest absolute Gasteiger partial charge is 0.180 e. The van der Waals surface area contributed by atoms with Crippen LogP contribution in [-0.2, 0) is 22.7 Å². The number of thiol groups is 1. The zero-order valence-corrected chi connectivity index (χ0v) is 22.3. The summed E-state index contributed by atoms with van der Waals surface area (Å²) in [5, 5.41) is 0.884. The highest BCUT2D eigenvalue weighted by molar-refractivity contribution is 7.80. The van der Waals surface area contributed by atoms with Crippen LogP contribution in [0, 0.1) is 15.6 Å². The van der Waals surface area contributed by atoms with Crippen molar-refractivity contribution >= 4 is 36.4 Å². The third-order valence-corrected chi connectivity index (χ3v) is 7.24. The molecule has 0 N–H and O–H groups in total. The van der Waals surface area contributed by atoms with Gasteiger partial charge in [0.1, 0.15) is 11.6 Å². The molecule has 1 aromatic heterocycles. The molecule has 1 aromatic rings. The Labute approximate surface area is 200 Å². The van der Waals surface area contributed by atoms with Crippen molar-refractivity contribution in [2.24, 2.45) is 10.8 Å². The van der Waals surface area contributed by atoms with Gasteiger partial charge in [0.15, 0.2) is 4.77 Å². The maximum atomic E-state index is 12.4. The van der Waals surface area contributed by atoms with E-state index in [-0.39, 0.29) is 22.4 Å². The molecule has 31 heavy (non-hydrogen) atoms. The van der Waals surface area contributed by atoms with Gasteiger partial charge in [-0.2, -0.15) is 0 Å². The first-order chi connectivity index (χ1) is 14.4. The molecule has 0 bridgehead atoms. The molecule has 0 fully saturated rings. The monoisotopic (exact) mass is 468 g/mol. The zero-order valence-electron chi connectivity index (χ0n) is 20.6. The number of aryl methyl sites for hydroxylation is 1. The average molecular weight is 469 g/mol. The first-order valence-corrected chi connectivity index (χ1v) is 12.8. The van der Waals surface area contributed by atoms with Crippen molar-refractivity contribution in [1.82, 2.24) is 9.13 Å². The molecule has 1 rings (SSSR count). The van der Waals surface area contributed by atoms with Gasteiger partial charge < -0.3 is 9.13 Å². The predicted molar refractivity (Wildman–Crippen MR) is 136 cm³/mol. The zero-order chi connectivity index (χ0) is 23.7. The highest BCUT2D eigenvalue weighted by atomic mass is 32.1. The fraction of sp³-hybridized carbons (Fsp3) is 0.800. The highest BCUT2D eigenvalue weighted by Gasteiger charge is 2.22. The van der Waals surface area contributed by atoms with Crippen LogP contribution < -0.4 is 0 Å². The molecule has 0 aliphatic heterocycles. The number of hydrogen-bond donors (Lipinski definition) is 1. The van der Waals surface area contributed by atoms with E-state index >= 15 is 0 Å². The lowest BCUT2D eigenvalue weighted by atomic mass is 9.81. The predicted octanol–water partition coefficient (Wildman–Crippen LogP) is 7.44. The normalized spacial score (nSPS) is 12.4. The maximum absolute atomic E-state index is 12.4. The number of carbonyl (C=O) groups excluding carboxylic acids is 2. The number of unbranched alkanes of at least 4 members (excludes halogenated alkanes) is 1. The topological polar surface area (TPSA) is 44.0 Å². The Morgan fingerprint density at radius 1 is 0.903 bits per heavy atom. The summed E-state index contributed by atoms with van der Waals surface area (Å²) in [6.07, 6.45) is 10.1. The Morgan fingerprint density at radius 2 is 1.42 bits per heavy atom. The van der Waals surface area contributed by atoms with Crippen LogP contribution in [0.5, 0.6) is 0 Å². The van der Waals surface area contributed by atoms with E-state index in [0.29, 0.717) is 25.7 Å². The third-order valence-electron chi connectivity index (χ3n) is 6.43. The van der Waals surface area contributed by atoms with Gasteiger partial charge in [0, 0.05) is 45.0 Å². The minimum absolute atomic E-state index is 0.0340. The van der Waals surface area contributed by atoms with Crippen LogP contribution in [-0.4, -0.2) is 20.7 Å². The second-order valence-corrected chi connectivity index (χ2v) is 11.3. The Morgan fingerprint density at radius 3 is 1.87 bits per heavy atom. The molecule has 0 unspecified atom stereocenters. The van der Waals surface area contributed by atoms with Gasteiger partial charge in [-0.15, -0.1) is 12.6 Å². The molecule has 0 radical (unpaired) electrons. The van der Waals surface area contributed by atoms with Crippen molar-refractivity contribution in [3.63, 3.8) is 0 Å². The number of carbonyl (C=O) groups is 2. The van der Waals surface area contributed by atoms with Crippen molar-refractivity contribution in [2.75, 3.05) is 0 Å². The van der Waals surface area contributed by atoms with E-state index in [1.54, 1.807) is 0 Å². The molecule has 0 aromatic carbocycles. The Kier molecular flexibility index (Phi) is 11.8. The molecule has 0 spiro atoms. The molecule has 0 saturated carbocycles. The largest absolute Gasteiger partial charge is 0.323 e. The van der Waals surface area contributed by atoms with Crippen LogP contribution >= 0.6 is 24.8 Å². The highest BCUT2D eigenvalue weighted by Crippen LogP contribution is 2.30. The van der Waals surface area contributed by atoms with E-state index in [9.17, 15) is 9.59 Å². The Bertz CT molecular complexity index is 775. The summed E-state index contributed by atoms with van der Waals surface area (Å²) in [4.78, 5) is 24.6. The van der Waals surface area contributed by atoms with Crippen LogP contribution in [0.2, 0.25) is 0 Å². The first-order valence-electron chi connectivity index (χ1n) is 11.9. The summed E-state index contributed by atoms with van der Waals surface area (Å²) in [7, 11) is 0. The molecule has 0 aliphatic carbocycles. The molecule has 0 amide bonds. The van der Waals surface area contributed by atoms with E-state index in [1.165, 1.54) is 12.8 Å². The van der Waals surface area contributed by atoms with Crippen LogP contribution in [0.1, 0.15) is 106 Å². The molecular formula is C25H44N2O2S2. The van der Waals surface area contributed by atoms with Crippen molar-refractivity contribution < 1.29 is 9.59 Å². The van der Waals surface area contributed by atoms with E-state index in [0.717, 1.165) is 48.6 Å². The van der Waals surface area contributed by atoms with Crippen molar-refractivity contribution in [3.05, 3.63) is 11.0 Å². The van der Waals surface area contributed by atoms with Gasteiger partial charge in [0.05, 0.1) is 5.03 Å². The van der Waals surface area contributed by atoms with Gasteiger partial charge in [-0.3, -0.25) is 9.59 Å². The lowest BCUT2D eigenvalue weighted by Crippen LogP contribution is -2.18. The molecular weight excluding hydrogens is 424 g/mol. The molecule has 0 aliphatic rings. The summed E-state index contributed by atoms with van der Waals surface area (Å²) in [6, 6.07) is 0. The van der Waals surface area contributed by atoms with Crippen LogP contribution in [0.3, 0.4) is 0 Å². The van der Waals surface area contributed by atoms with Crippen LogP contribution in [0.15, 0.2) is 11.2 Å². The first kappa shape index (κ1) is 28.2. The van der Waals surface area contributed by atoms with E-state index in [4.69, 9.17) is 12.2 Å². The molecule has 178 valence electrons. The SMILES string of the molecule is CCCCC(C)(C)CCC(=O)CCC(=O)CCC(C)(C)CCn1c(S)cn(CC)c1=S. The molecule has 6 heteroatoms. The summed E-state index contributed by atoms with van der Waals surface area (Å²) in [6.45, 7) is 14.8. The number of hydrogen-bond acceptors (Lipinski definition) is 4. The summed E-state index contributed by atoms with van der Waals surface area (Å²) in [5.74, 6) is 0.434. The summed E-state index contributed by atoms with van der Waals surface area (Å²) >= 11 is 10.1. The van der Waals surface area contributed by atoms with Gasteiger partial charge in [0.2, 0.25) is 0 Å². The maximum Gasteiger partial charge on any atom is 0.180 e. The van der Waals surface area contributed by atoms with Gasteiger partial charge >= 0.3 is 0 Å². The fourth-order valence-electron chi connectivity index (χ4n) is 3.76. The van der Waals surface area contributed by atoms with E-state index in [2.05, 4.69) is 58.7 Å². The lowest BCUT2D eigenvalue weighted by Gasteiger charge is -2.25. The Balaban J connectivity index is 2.37. The van der Waals surface area contributed by atoms with E-state index in [1.807, 2.05) is 10.8 Å². The Hall–Kier alpha value is -0.880. The fourth-order valence-corrected chi connectivity index (χ4v) is 4.53. The molecule has 4 nitrogen and oxygen atoms in total. The summed E-state index contributed by atoms with van der Waals surface area (Å²) in [5.41, 5.74) is 0.250. The van der Waals surface area contributed by atoms with Gasteiger partial charge in [-0.1, -0.05) is 47.5 Å². The third kappa shape index (κ3) is 10.5. The molecule has 0 atom stereocenters. The van der Waals surface area contributed by atoms with Gasteiger partial charge in [-0.05, 0) is 55.7 Å². The van der Waals surface area contributed by atoms with Crippen LogP contribution in [0.4, 0.5) is 0 Å². The number of imidazole rings is 1. The van der Waals surface area contributed by atoms with E-state index < -0.39 is 0 Å². The minimum Gasteiger partial charge on any atom is -0.323 e. The van der Waals surface area contributed by atoms with Gasteiger partial charge in [-0.25, -0.2) is 0 Å². The number of aromatic nitrogens is 2. The number of Topliss-reactive ketones (excluding diaryl/α,β-unsaturated/α-hetero) is 2. The summed E-state index contributed by atoms with van der Waals surface area (Å²) < 4.78 is 4.89. The van der Waals surface area contributed by atoms with Crippen molar-refractivity contribution in [2.45, 2.75) is 124 Å². The number of nitrogens with zero attached hydrogens (tertiary/aromatic N) is 2. The molecule has 0 saturated heterocycles. The minimum atomic E-state index is 0.0340. The second kappa shape index (κ2) is 13.0. The standard InChI is InChI=1S/C25H44N2O2S2/c1-7-9-14-24(3,4)15-12-20(28)10-11-21(29)13-16-25(5,6)17-18-27-22(30)19-26(8-2)23(27)31/h19,30H,7-18H2,1-6H3. The van der Waals surface area contributed by atoms with Crippen molar-refractivity contribution in [1.29, 1.82) is 0 Å². The number of rotatable bonds is 16. The second-order valence-electron chi connectivity index (χ2n) is 10.5. The lowest BCUT2D eigenvalue weighted by molar-refractivity contribution is -0.124. The van der Waals surface area contributed by atoms with Crippen LogP contribution in [0.25, 0.3) is 0 Å². The molecule has 1 heterocycles.